The molecule has 0 aromatic carbocycles. The smallest absolute Gasteiger partial charge is 0.332 e. The van der Waals surface area contributed by atoms with Crippen LogP contribution in [0.25, 0.3) is 11.5 Å². The van der Waals surface area contributed by atoms with Crippen molar-refractivity contribution in [2.24, 2.45) is 0 Å². The Kier molecular flexibility index (Phi) is 4.71. The molecule has 1 saturated carbocycles. The van der Waals surface area contributed by atoms with Gasteiger partial charge in [-0.1, -0.05) is 5.16 Å². The highest BCUT2D eigenvalue weighted by Gasteiger charge is 2.32. The zero-order chi connectivity index (χ0) is 20.0. The second-order valence-electron chi connectivity index (χ2n) is 7.67. The molecule has 9 heteroatoms. The summed E-state index contributed by atoms with van der Waals surface area (Å²) in [6.45, 7) is 1.06. The van der Waals surface area contributed by atoms with E-state index in [1.165, 1.54) is 11.3 Å². The first-order chi connectivity index (χ1) is 14.1. The third-order valence-electron chi connectivity index (χ3n) is 5.64. The monoisotopic (exact) mass is 415 g/mol. The fourth-order valence-electron chi connectivity index (χ4n) is 3.93. The Balaban J connectivity index is 1.51. The summed E-state index contributed by atoms with van der Waals surface area (Å²) < 4.78 is 11.2. The number of anilines is 1. The number of ether oxygens (including phenoxy) is 1. The molecule has 29 heavy (non-hydrogen) atoms. The number of nitrogens with one attached hydrogen (secondary N) is 1. The maximum atomic E-state index is 13.0. The number of rotatable bonds is 5. The average Bonchev–Trinajstić information content (AvgIpc) is 3.35. The SMILES string of the molecule is O=C(O)C1=C(C(=O)Nc2sc3c(c2-c2nc(C4CC4)no2)COCC3)CCCC1. The minimum absolute atomic E-state index is 0.216. The van der Waals surface area contributed by atoms with Gasteiger partial charge in [0.2, 0.25) is 0 Å². The molecule has 5 rings (SSSR count). The highest BCUT2D eigenvalue weighted by molar-refractivity contribution is 7.17. The molecule has 2 aromatic rings. The number of amides is 1. The number of carboxylic acids is 1. The molecule has 2 aromatic heterocycles. The third-order valence-corrected chi connectivity index (χ3v) is 6.84. The van der Waals surface area contributed by atoms with Gasteiger partial charge in [-0.3, -0.25) is 4.79 Å². The zero-order valence-corrected chi connectivity index (χ0v) is 16.6. The van der Waals surface area contributed by atoms with E-state index in [0.29, 0.717) is 59.8 Å². The number of thiophene rings is 1. The van der Waals surface area contributed by atoms with Crippen molar-refractivity contribution in [1.29, 1.82) is 0 Å². The standard InChI is InChI=1S/C20H21N3O5S/c24-17(11-3-1-2-4-12(11)20(25)26)22-19-15(13-9-27-8-7-14(13)29-19)18-21-16(23-28-18)10-5-6-10/h10H,1-9H2,(H,22,24)(H,25,26). The fourth-order valence-corrected chi connectivity index (χ4v) is 5.11. The van der Waals surface area contributed by atoms with E-state index in [1.807, 2.05) is 0 Å². The summed E-state index contributed by atoms with van der Waals surface area (Å²) >= 11 is 1.48. The number of hydrogen-bond donors (Lipinski definition) is 2. The number of carbonyl (C=O) groups is 2. The lowest BCUT2D eigenvalue weighted by molar-refractivity contribution is -0.133. The number of aromatic nitrogens is 2. The summed E-state index contributed by atoms with van der Waals surface area (Å²) in [5.74, 6) is 0.0879. The molecule has 2 aliphatic carbocycles. The first-order valence-corrected chi connectivity index (χ1v) is 10.8. The van der Waals surface area contributed by atoms with Gasteiger partial charge in [-0.05, 0) is 38.5 Å². The van der Waals surface area contributed by atoms with Crippen LogP contribution in [-0.2, 0) is 27.4 Å². The predicted octanol–water partition coefficient (Wildman–Crippen LogP) is 3.64. The molecule has 0 saturated heterocycles. The summed E-state index contributed by atoms with van der Waals surface area (Å²) in [5, 5.41) is 17.1. The van der Waals surface area contributed by atoms with E-state index in [2.05, 4.69) is 15.5 Å². The van der Waals surface area contributed by atoms with Gasteiger partial charge in [0.15, 0.2) is 5.82 Å². The van der Waals surface area contributed by atoms with Gasteiger partial charge in [0.25, 0.3) is 11.8 Å². The highest BCUT2D eigenvalue weighted by Crippen LogP contribution is 2.45. The molecule has 3 heterocycles. The van der Waals surface area contributed by atoms with Crippen molar-refractivity contribution in [2.45, 2.75) is 57.5 Å². The van der Waals surface area contributed by atoms with Crippen molar-refractivity contribution >= 4 is 28.2 Å². The van der Waals surface area contributed by atoms with Gasteiger partial charge < -0.3 is 19.7 Å². The van der Waals surface area contributed by atoms with Crippen LogP contribution < -0.4 is 5.32 Å². The topological polar surface area (TPSA) is 115 Å². The van der Waals surface area contributed by atoms with Gasteiger partial charge in [0.05, 0.1) is 18.8 Å². The van der Waals surface area contributed by atoms with Gasteiger partial charge in [0, 0.05) is 33.9 Å². The molecule has 0 atom stereocenters. The van der Waals surface area contributed by atoms with Crippen LogP contribution >= 0.6 is 11.3 Å². The Morgan fingerprint density at radius 2 is 1.93 bits per heavy atom. The highest BCUT2D eigenvalue weighted by atomic mass is 32.1. The largest absolute Gasteiger partial charge is 0.478 e. The lowest BCUT2D eigenvalue weighted by Gasteiger charge is -2.17. The first kappa shape index (κ1) is 18.5. The van der Waals surface area contributed by atoms with Crippen molar-refractivity contribution < 1.29 is 24.0 Å². The van der Waals surface area contributed by atoms with Crippen LogP contribution in [0.5, 0.6) is 0 Å². The number of aliphatic carboxylic acids is 1. The minimum atomic E-state index is -1.01. The Hall–Kier alpha value is -2.52. The molecule has 1 aliphatic heterocycles. The van der Waals surface area contributed by atoms with E-state index in [9.17, 15) is 14.7 Å². The van der Waals surface area contributed by atoms with E-state index >= 15 is 0 Å². The Labute approximate surface area is 170 Å². The molecule has 0 unspecified atom stereocenters. The molecule has 0 spiro atoms. The quantitative estimate of drug-likeness (QED) is 0.766. The number of fused-ring (bicyclic) bond motifs is 1. The first-order valence-electron chi connectivity index (χ1n) is 9.94. The summed E-state index contributed by atoms with van der Waals surface area (Å²) in [4.78, 5) is 30.2. The summed E-state index contributed by atoms with van der Waals surface area (Å²) in [6.07, 6.45) is 5.40. The van der Waals surface area contributed by atoms with Crippen LogP contribution in [0.3, 0.4) is 0 Å². The molecule has 1 amide bonds. The molecular formula is C20H21N3O5S. The van der Waals surface area contributed by atoms with E-state index < -0.39 is 5.97 Å². The summed E-state index contributed by atoms with van der Waals surface area (Å²) in [7, 11) is 0. The Bertz CT molecular complexity index is 1020. The van der Waals surface area contributed by atoms with Crippen molar-refractivity contribution in [1.82, 2.24) is 10.1 Å². The van der Waals surface area contributed by atoms with Gasteiger partial charge in [-0.25, -0.2) is 4.79 Å². The number of carbonyl (C=O) groups excluding carboxylic acids is 1. The lowest BCUT2D eigenvalue weighted by atomic mass is 9.91. The van der Waals surface area contributed by atoms with Crippen LogP contribution in [0.2, 0.25) is 0 Å². The van der Waals surface area contributed by atoms with Gasteiger partial charge >= 0.3 is 5.97 Å². The average molecular weight is 415 g/mol. The van der Waals surface area contributed by atoms with E-state index in [0.717, 1.165) is 42.5 Å². The summed E-state index contributed by atoms with van der Waals surface area (Å²) in [6, 6.07) is 0. The molecular weight excluding hydrogens is 394 g/mol. The lowest BCUT2D eigenvalue weighted by Crippen LogP contribution is -2.21. The van der Waals surface area contributed by atoms with Gasteiger partial charge in [-0.2, -0.15) is 4.98 Å². The zero-order valence-electron chi connectivity index (χ0n) is 15.8. The third kappa shape index (κ3) is 3.49. The minimum Gasteiger partial charge on any atom is -0.478 e. The van der Waals surface area contributed by atoms with E-state index in [1.54, 1.807) is 0 Å². The van der Waals surface area contributed by atoms with Crippen LogP contribution in [0.4, 0.5) is 5.00 Å². The molecule has 1 fully saturated rings. The van der Waals surface area contributed by atoms with Crippen molar-refractivity contribution in [2.75, 3.05) is 11.9 Å². The Morgan fingerprint density at radius 1 is 1.14 bits per heavy atom. The Morgan fingerprint density at radius 3 is 2.69 bits per heavy atom. The normalized spacial score (nSPS) is 19.2. The number of carboxylic acid groups (broad SMARTS) is 1. The maximum Gasteiger partial charge on any atom is 0.332 e. The molecule has 0 bridgehead atoms. The molecule has 2 N–H and O–H groups in total. The van der Waals surface area contributed by atoms with Crippen molar-refractivity contribution in [3.05, 3.63) is 27.4 Å². The summed E-state index contributed by atoms with van der Waals surface area (Å²) in [5.41, 5.74) is 2.26. The fraction of sp³-hybridized carbons (Fsp3) is 0.500. The number of nitrogens with zero attached hydrogens (tertiary/aromatic N) is 2. The van der Waals surface area contributed by atoms with Crippen molar-refractivity contribution in [3.8, 4) is 11.5 Å². The van der Waals surface area contributed by atoms with Crippen LogP contribution in [0.1, 0.15) is 60.7 Å². The van der Waals surface area contributed by atoms with Crippen LogP contribution in [-0.4, -0.2) is 33.7 Å². The maximum absolute atomic E-state index is 13.0. The molecule has 8 nitrogen and oxygen atoms in total. The van der Waals surface area contributed by atoms with Crippen LogP contribution in [0, 0.1) is 0 Å². The second kappa shape index (κ2) is 7.38. The van der Waals surface area contributed by atoms with Gasteiger partial charge in [-0.15, -0.1) is 11.3 Å². The second-order valence-corrected chi connectivity index (χ2v) is 8.77. The van der Waals surface area contributed by atoms with Crippen molar-refractivity contribution in [3.63, 3.8) is 0 Å². The van der Waals surface area contributed by atoms with Crippen LogP contribution in [0.15, 0.2) is 15.7 Å². The number of hydrogen-bond acceptors (Lipinski definition) is 7. The molecule has 3 aliphatic rings. The van der Waals surface area contributed by atoms with Gasteiger partial charge in [0.1, 0.15) is 5.00 Å². The van der Waals surface area contributed by atoms with E-state index in [4.69, 9.17) is 9.26 Å². The molecule has 0 radical (unpaired) electrons. The predicted molar refractivity (Wildman–Crippen MR) is 105 cm³/mol. The van der Waals surface area contributed by atoms with E-state index in [-0.39, 0.29) is 11.5 Å². The molecule has 152 valence electrons.